The molecule has 38 heavy (non-hydrogen) atoms. The maximum absolute atomic E-state index is 12.6. The van der Waals surface area contributed by atoms with Crippen molar-refractivity contribution in [3.8, 4) is 22.6 Å². The number of esters is 1. The van der Waals surface area contributed by atoms with Crippen molar-refractivity contribution < 1.29 is 33.4 Å². The second-order valence-electron chi connectivity index (χ2n) is 8.63. The molecule has 3 aromatic carbocycles. The Balaban J connectivity index is 1.22. The molecule has 10 heteroatoms. The highest BCUT2D eigenvalue weighted by Gasteiger charge is 2.30. The van der Waals surface area contributed by atoms with Gasteiger partial charge in [-0.2, -0.15) is 0 Å². The Labute approximate surface area is 217 Å². The summed E-state index contributed by atoms with van der Waals surface area (Å²) in [5, 5.41) is 19.8. The van der Waals surface area contributed by atoms with Crippen LogP contribution in [0.2, 0.25) is 0 Å². The third kappa shape index (κ3) is 4.96. The molecule has 0 saturated carbocycles. The summed E-state index contributed by atoms with van der Waals surface area (Å²) in [6, 6.07) is 20.8. The van der Waals surface area contributed by atoms with Gasteiger partial charge >= 0.3 is 18.0 Å². The number of nitrogens with one attached hydrogen (secondary N) is 1. The number of nitrogens with zero attached hydrogens (tertiary/aromatic N) is 2. The van der Waals surface area contributed by atoms with Gasteiger partial charge in [0.1, 0.15) is 12.6 Å². The number of hydrogen-bond donors (Lipinski definition) is 2. The number of carbonyl (C=O) groups excluding carboxylic acids is 2. The van der Waals surface area contributed by atoms with Crippen molar-refractivity contribution in [2.24, 2.45) is 0 Å². The van der Waals surface area contributed by atoms with E-state index in [1.165, 1.54) is 7.11 Å². The van der Waals surface area contributed by atoms with Gasteiger partial charge in [0.2, 0.25) is 11.8 Å². The van der Waals surface area contributed by atoms with Crippen LogP contribution in [-0.4, -0.2) is 53.1 Å². The lowest BCUT2D eigenvalue weighted by atomic mass is 9.98. The van der Waals surface area contributed by atoms with Gasteiger partial charge in [-0.05, 0) is 46.5 Å². The monoisotopic (exact) mass is 513 g/mol. The van der Waals surface area contributed by atoms with Crippen molar-refractivity contribution in [3.63, 3.8) is 0 Å². The van der Waals surface area contributed by atoms with Gasteiger partial charge in [0.05, 0.1) is 19.1 Å². The highest BCUT2D eigenvalue weighted by atomic mass is 16.5. The number of aromatic nitrogens is 2. The van der Waals surface area contributed by atoms with Gasteiger partial charge in [0.25, 0.3) is 0 Å². The molecule has 1 amide bonds. The van der Waals surface area contributed by atoms with Crippen molar-refractivity contribution in [3.05, 3.63) is 95.4 Å². The smallest absolute Gasteiger partial charge is 0.407 e. The maximum atomic E-state index is 12.6. The van der Waals surface area contributed by atoms with E-state index in [1.807, 2.05) is 48.5 Å². The fourth-order valence-corrected chi connectivity index (χ4v) is 4.48. The number of ether oxygens (including phenoxy) is 2. The Bertz CT molecular complexity index is 1450. The third-order valence-electron chi connectivity index (χ3n) is 6.33. The minimum atomic E-state index is -1.35. The molecule has 1 aliphatic rings. The average Bonchev–Trinajstić information content (AvgIpc) is 3.54. The Hall–Kier alpha value is -4.99. The third-order valence-corrected chi connectivity index (χ3v) is 6.33. The van der Waals surface area contributed by atoms with Crippen LogP contribution in [0.5, 0.6) is 0 Å². The first-order valence-electron chi connectivity index (χ1n) is 11.8. The number of amides is 1. The summed E-state index contributed by atoms with van der Waals surface area (Å²) >= 11 is 0. The second-order valence-corrected chi connectivity index (χ2v) is 8.63. The van der Waals surface area contributed by atoms with Crippen LogP contribution in [0, 0.1) is 0 Å². The summed E-state index contributed by atoms with van der Waals surface area (Å²) in [5.41, 5.74) is 5.17. The van der Waals surface area contributed by atoms with Crippen molar-refractivity contribution in [2.75, 3.05) is 13.7 Å². The Morgan fingerprint density at radius 2 is 1.58 bits per heavy atom. The number of hydrogen-bond acceptors (Lipinski definition) is 8. The number of fused-ring (bicyclic) bond motifs is 3. The molecule has 1 aromatic heterocycles. The van der Waals surface area contributed by atoms with Crippen LogP contribution in [0.25, 0.3) is 22.6 Å². The van der Waals surface area contributed by atoms with E-state index < -0.39 is 24.1 Å². The molecule has 0 unspecified atom stereocenters. The summed E-state index contributed by atoms with van der Waals surface area (Å²) in [6.45, 7) is 0.0540. The number of carbonyl (C=O) groups is 3. The molecule has 0 bridgehead atoms. The molecular formula is C28H23N3O7. The van der Waals surface area contributed by atoms with Gasteiger partial charge in [-0.1, -0.05) is 48.5 Å². The van der Waals surface area contributed by atoms with Crippen LogP contribution >= 0.6 is 0 Å². The SMILES string of the molecule is COC(=O)c1ccc(-c2nnc(C[C@H](NC(=O)OCC3c4ccccc4-c4ccccc43)C(=O)O)o2)cc1. The molecule has 5 rings (SSSR count). The molecule has 4 aromatic rings. The largest absolute Gasteiger partial charge is 0.480 e. The summed E-state index contributed by atoms with van der Waals surface area (Å²) < 4.78 is 15.7. The van der Waals surface area contributed by atoms with E-state index in [0.29, 0.717) is 11.1 Å². The molecule has 0 spiro atoms. The quantitative estimate of drug-likeness (QED) is 0.334. The molecule has 0 radical (unpaired) electrons. The number of alkyl carbamates (subject to hydrolysis) is 1. The first kappa shape index (κ1) is 24.7. The predicted molar refractivity (Wildman–Crippen MR) is 134 cm³/mol. The van der Waals surface area contributed by atoms with Gasteiger partial charge in [-0.25, -0.2) is 14.4 Å². The number of benzene rings is 3. The fraction of sp³-hybridized carbons (Fsp3) is 0.179. The van der Waals surface area contributed by atoms with E-state index in [2.05, 4.69) is 20.3 Å². The minimum Gasteiger partial charge on any atom is -0.480 e. The van der Waals surface area contributed by atoms with Crippen molar-refractivity contribution in [2.45, 2.75) is 18.4 Å². The van der Waals surface area contributed by atoms with Gasteiger partial charge in [-0.15, -0.1) is 10.2 Å². The lowest BCUT2D eigenvalue weighted by Gasteiger charge is -2.16. The van der Waals surface area contributed by atoms with E-state index in [4.69, 9.17) is 9.15 Å². The summed E-state index contributed by atoms with van der Waals surface area (Å²) in [5.74, 6) is -1.75. The lowest BCUT2D eigenvalue weighted by molar-refractivity contribution is -0.139. The molecule has 0 saturated heterocycles. The maximum Gasteiger partial charge on any atom is 0.407 e. The Morgan fingerprint density at radius 1 is 0.947 bits per heavy atom. The number of carboxylic acid groups (broad SMARTS) is 1. The Kier molecular flexibility index (Phi) is 6.86. The van der Waals surface area contributed by atoms with Crippen molar-refractivity contribution in [1.82, 2.24) is 15.5 Å². The first-order valence-corrected chi connectivity index (χ1v) is 11.8. The molecule has 0 fully saturated rings. The molecule has 0 aliphatic heterocycles. The van der Waals surface area contributed by atoms with Crippen LogP contribution in [0.3, 0.4) is 0 Å². The molecule has 1 atom stereocenters. The standard InChI is InChI=1S/C28H23N3O7/c1-36-27(34)17-12-10-16(11-13-17)25-31-30-24(38-25)14-23(26(32)33)29-28(35)37-15-22-20-8-4-2-6-18(20)19-7-3-5-9-21(19)22/h2-13,22-23H,14-15H2,1H3,(H,29,35)(H,32,33)/t23-/m0/s1. The number of aliphatic carboxylic acids is 1. The van der Waals surface area contributed by atoms with Crippen LogP contribution in [0.4, 0.5) is 4.79 Å². The van der Waals surface area contributed by atoms with Crippen LogP contribution in [0.1, 0.15) is 33.3 Å². The van der Waals surface area contributed by atoms with Gasteiger partial charge in [-0.3, -0.25) is 0 Å². The summed E-state index contributed by atoms with van der Waals surface area (Å²) in [7, 11) is 1.29. The number of carboxylic acids is 1. The highest BCUT2D eigenvalue weighted by Crippen LogP contribution is 2.44. The highest BCUT2D eigenvalue weighted by molar-refractivity contribution is 5.89. The molecule has 2 N–H and O–H groups in total. The fourth-order valence-electron chi connectivity index (χ4n) is 4.48. The van der Waals surface area contributed by atoms with Gasteiger partial charge in [0.15, 0.2) is 0 Å². The van der Waals surface area contributed by atoms with E-state index in [-0.39, 0.29) is 30.7 Å². The number of methoxy groups -OCH3 is 1. The zero-order valence-electron chi connectivity index (χ0n) is 20.3. The van der Waals surface area contributed by atoms with E-state index in [1.54, 1.807) is 24.3 Å². The average molecular weight is 514 g/mol. The Morgan fingerprint density at radius 3 is 2.18 bits per heavy atom. The molecular weight excluding hydrogens is 490 g/mol. The van der Waals surface area contributed by atoms with E-state index >= 15 is 0 Å². The normalized spacial score (nSPS) is 12.8. The van der Waals surface area contributed by atoms with Crippen LogP contribution in [-0.2, 0) is 20.7 Å². The van der Waals surface area contributed by atoms with Crippen LogP contribution < -0.4 is 5.32 Å². The summed E-state index contributed by atoms with van der Waals surface area (Å²) in [4.78, 5) is 36.0. The zero-order chi connectivity index (χ0) is 26.6. The lowest BCUT2D eigenvalue weighted by Crippen LogP contribution is -2.43. The predicted octanol–water partition coefficient (Wildman–Crippen LogP) is 4.06. The number of rotatable bonds is 8. The molecule has 192 valence electrons. The topological polar surface area (TPSA) is 141 Å². The second kappa shape index (κ2) is 10.6. The van der Waals surface area contributed by atoms with E-state index in [0.717, 1.165) is 22.3 Å². The first-order chi connectivity index (χ1) is 18.4. The minimum absolute atomic E-state index is 0.0170. The zero-order valence-corrected chi connectivity index (χ0v) is 20.3. The van der Waals surface area contributed by atoms with Crippen molar-refractivity contribution >= 4 is 18.0 Å². The molecule has 1 aliphatic carbocycles. The van der Waals surface area contributed by atoms with E-state index in [9.17, 15) is 19.5 Å². The molecule has 10 nitrogen and oxygen atoms in total. The molecule has 1 heterocycles. The summed E-state index contributed by atoms with van der Waals surface area (Å²) in [6.07, 6.45) is -1.11. The van der Waals surface area contributed by atoms with Crippen molar-refractivity contribution in [1.29, 1.82) is 0 Å². The van der Waals surface area contributed by atoms with Gasteiger partial charge in [0, 0.05) is 11.5 Å². The van der Waals surface area contributed by atoms with Gasteiger partial charge < -0.3 is 24.3 Å². The van der Waals surface area contributed by atoms with Crippen LogP contribution in [0.15, 0.2) is 77.2 Å².